The predicted octanol–water partition coefficient (Wildman–Crippen LogP) is 2.04. The Kier molecular flexibility index (Phi) is 3.77. The maximum absolute atomic E-state index is 13.5. The van der Waals surface area contributed by atoms with Crippen molar-refractivity contribution in [2.24, 2.45) is 0 Å². The van der Waals surface area contributed by atoms with E-state index >= 15 is 0 Å². The number of nitrogens with one attached hydrogen (secondary N) is 1. The minimum atomic E-state index is -0.251. The summed E-state index contributed by atoms with van der Waals surface area (Å²) in [7, 11) is 1.88. The number of hydrogen-bond acceptors (Lipinski definition) is 3. The number of benzene rings is 1. The van der Waals surface area contributed by atoms with Crippen LogP contribution in [0.4, 0.5) is 4.39 Å². The molecule has 0 bridgehead atoms. The Morgan fingerprint density at radius 2 is 1.88 bits per heavy atom. The molecule has 0 saturated carbocycles. The second-order valence-corrected chi connectivity index (χ2v) is 3.72. The lowest BCUT2D eigenvalue weighted by Crippen LogP contribution is -2.12. The summed E-state index contributed by atoms with van der Waals surface area (Å²) in [5.74, 6) is 0.513. The minimum absolute atomic E-state index is 0.251. The third kappa shape index (κ3) is 2.85. The molecule has 1 aromatic heterocycles. The van der Waals surface area contributed by atoms with Crippen LogP contribution in [0.5, 0.6) is 0 Å². The van der Waals surface area contributed by atoms with E-state index in [2.05, 4.69) is 15.3 Å². The third-order valence-corrected chi connectivity index (χ3v) is 2.49. The molecule has 0 aliphatic rings. The maximum atomic E-state index is 13.5. The molecule has 0 fully saturated rings. The number of nitrogens with zero attached hydrogens (tertiary/aromatic N) is 2. The Hall–Kier alpha value is -1.81. The smallest absolute Gasteiger partial charge is 0.131 e. The summed E-state index contributed by atoms with van der Waals surface area (Å²) in [4.78, 5) is 8.43. The summed E-state index contributed by atoms with van der Waals surface area (Å²) in [6.07, 6.45) is 4.10. The van der Waals surface area contributed by atoms with Crippen molar-refractivity contribution in [2.45, 2.75) is 6.42 Å². The first-order valence-electron chi connectivity index (χ1n) is 5.51. The minimum Gasteiger partial charge on any atom is -0.319 e. The summed E-state index contributed by atoms with van der Waals surface area (Å²) in [6.45, 7) is 0.832. The van der Waals surface area contributed by atoms with Gasteiger partial charge in [0.15, 0.2) is 0 Å². The van der Waals surface area contributed by atoms with Crippen LogP contribution < -0.4 is 5.32 Å². The van der Waals surface area contributed by atoms with Crippen molar-refractivity contribution in [3.63, 3.8) is 0 Å². The van der Waals surface area contributed by atoms with Crippen LogP contribution >= 0.6 is 0 Å². The van der Waals surface area contributed by atoms with Crippen LogP contribution in [-0.4, -0.2) is 23.6 Å². The molecule has 17 heavy (non-hydrogen) atoms. The van der Waals surface area contributed by atoms with Gasteiger partial charge in [-0.2, -0.15) is 0 Å². The van der Waals surface area contributed by atoms with Crippen molar-refractivity contribution in [2.75, 3.05) is 13.6 Å². The van der Waals surface area contributed by atoms with Crippen molar-refractivity contribution in [1.29, 1.82) is 0 Å². The molecule has 0 aliphatic carbocycles. The quantitative estimate of drug-likeness (QED) is 0.875. The van der Waals surface area contributed by atoms with E-state index in [9.17, 15) is 4.39 Å². The SMILES string of the molecule is CNCCc1ncc(-c2ccccc2F)cn1. The number of rotatable bonds is 4. The van der Waals surface area contributed by atoms with Crippen molar-refractivity contribution in [3.05, 3.63) is 48.3 Å². The van der Waals surface area contributed by atoms with Gasteiger partial charge in [-0.1, -0.05) is 18.2 Å². The molecule has 3 nitrogen and oxygen atoms in total. The van der Waals surface area contributed by atoms with Gasteiger partial charge in [-0.05, 0) is 13.1 Å². The predicted molar refractivity (Wildman–Crippen MR) is 65.1 cm³/mol. The number of hydrogen-bond donors (Lipinski definition) is 1. The fraction of sp³-hybridized carbons (Fsp3) is 0.231. The van der Waals surface area contributed by atoms with Gasteiger partial charge in [0.25, 0.3) is 0 Å². The normalized spacial score (nSPS) is 10.5. The van der Waals surface area contributed by atoms with Crippen LogP contribution in [0, 0.1) is 5.82 Å². The van der Waals surface area contributed by atoms with E-state index in [0.29, 0.717) is 11.1 Å². The summed E-state index contributed by atoms with van der Waals surface area (Å²) >= 11 is 0. The molecule has 4 heteroatoms. The van der Waals surface area contributed by atoms with Gasteiger partial charge in [-0.25, -0.2) is 14.4 Å². The van der Waals surface area contributed by atoms with Crippen LogP contribution in [0.2, 0.25) is 0 Å². The Labute approximate surface area is 99.7 Å². The highest BCUT2D eigenvalue weighted by molar-refractivity contribution is 5.61. The summed E-state index contributed by atoms with van der Waals surface area (Å²) in [5.41, 5.74) is 1.24. The highest BCUT2D eigenvalue weighted by Gasteiger charge is 2.04. The Morgan fingerprint density at radius 3 is 2.53 bits per heavy atom. The van der Waals surface area contributed by atoms with Crippen LogP contribution in [0.3, 0.4) is 0 Å². The van der Waals surface area contributed by atoms with Crippen molar-refractivity contribution in [1.82, 2.24) is 15.3 Å². The average molecular weight is 231 g/mol. The molecule has 2 rings (SSSR count). The summed E-state index contributed by atoms with van der Waals surface area (Å²) < 4.78 is 13.5. The lowest BCUT2D eigenvalue weighted by Gasteiger charge is -2.03. The number of aromatic nitrogens is 2. The van der Waals surface area contributed by atoms with E-state index in [1.54, 1.807) is 30.6 Å². The average Bonchev–Trinajstić information content (AvgIpc) is 2.38. The van der Waals surface area contributed by atoms with Crippen molar-refractivity contribution < 1.29 is 4.39 Å². The zero-order valence-corrected chi connectivity index (χ0v) is 9.65. The molecule has 0 radical (unpaired) electrons. The molecule has 0 atom stereocenters. The molecule has 0 saturated heterocycles. The highest BCUT2D eigenvalue weighted by atomic mass is 19.1. The zero-order chi connectivity index (χ0) is 12.1. The third-order valence-electron chi connectivity index (χ3n) is 2.49. The first-order chi connectivity index (χ1) is 8.31. The molecular formula is C13H14FN3. The maximum Gasteiger partial charge on any atom is 0.131 e. The molecule has 0 spiro atoms. The van der Waals surface area contributed by atoms with E-state index < -0.39 is 0 Å². The van der Waals surface area contributed by atoms with Gasteiger partial charge < -0.3 is 5.32 Å². The monoisotopic (exact) mass is 231 g/mol. The van der Waals surface area contributed by atoms with E-state index in [4.69, 9.17) is 0 Å². The fourth-order valence-electron chi connectivity index (χ4n) is 1.56. The Bertz CT molecular complexity index is 482. The molecule has 1 aromatic carbocycles. The van der Waals surface area contributed by atoms with Gasteiger partial charge in [-0.3, -0.25) is 0 Å². The molecule has 0 aliphatic heterocycles. The lowest BCUT2D eigenvalue weighted by atomic mass is 10.1. The van der Waals surface area contributed by atoms with Crippen LogP contribution in [-0.2, 0) is 6.42 Å². The first-order valence-corrected chi connectivity index (χ1v) is 5.51. The molecule has 0 unspecified atom stereocenters. The second kappa shape index (κ2) is 5.50. The van der Waals surface area contributed by atoms with Crippen LogP contribution in [0.25, 0.3) is 11.1 Å². The summed E-state index contributed by atoms with van der Waals surface area (Å²) in [6, 6.07) is 6.62. The molecule has 1 heterocycles. The molecular weight excluding hydrogens is 217 g/mol. The molecule has 1 N–H and O–H groups in total. The Balaban J connectivity index is 2.21. The van der Waals surface area contributed by atoms with E-state index in [0.717, 1.165) is 18.8 Å². The van der Waals surface area contributed by atoms with E-state index in [1.165, 1.54) is 6.07 Å². The molecule has 88 valence electrons. The van der Waals surface area contributed by atoms with Gasteiger partial charge in [0, 0.05) is 36.5 Å². The van der Waals surface area contributed by atoms with Gasteiger partial charge in [0.05, 0.1) is 0 Å². The van der Waals surface area contributed by atoms with Crippen LogP contribution in [0.15, 0.2) is 36.7 Å². The first kappa shape index (κ1) is 11.7. The topological polar surface area (TPSA) is 37.8 Å². The van der Waals surface area contributed by atoms with Gasteiger partial charge >= 0.3 is 0 Å². The van der Waals surface area contributed by atoms with Crippen molar-refractivity contribution in [3.8, 4) is 11.1 Å². The largest absolute Gasteiger partial charge is 0.319 e. The van der Waals surface area contributed by atoms with E-state index in [-0.39, 0.29) is 5.82 Å². The molecule has 2 aromatic rings. The van der Waals surface area contributed by atoms with Gasteiger partial charge in [0.2, 0.25) is 0 Å². The summed E-state index contributed by atoms with van der Waals surface area (Å²) in [5, 5.41) is 3.03. The van der Waals surface area contributed by atoms with Crippen molar-refractivity contribution >= 4 is 0 Å². The standard InChI is InChI=1S/C13H14FN3/c1-15-7-6-13-16-8-10(9-17-13)11-4-2-3-5-12(11)14/h2-5,8-9,15H,6-7H2,1H3. The van der Waals surface area contributed by atoms with Gasteiger partial charge in [0.1, 0.15) is 11.6 Å². The number of likely N-dealkylation sites (N-methyl/N-ethyl adjacent to an activating group) is 1. The second-order valence-electron chi connectivity index (χ2n) is 3.72. The Morgan fingerprint density at radius 1 is 1.18 bits per heavy atom. The lowest BCUT2D eigenvalue weighted by molar-refractivity contribution is 0.631. The van der Waals surface area contributed by atoms with Gasteiger partial charge in [-0.15, -0.1) is 0 Å². The zero-order valence-electron chi connectivity index (χ0n) is 9.65. The molecule has 0 amide bonds. The number of halogens is 1. The van der Waals surface area contributed by atoms with E-state index in [1.807, 2.05) is 7.05 Å². The highest BCUT2D eigenvalue weighted by Crippen LogP contribution is 2.20. The fourth-order valence-corrected chi connectivity index (χ4v) is 1.56. The van der Waals surface area contributed by atoms with Crippen LogP contribution in [0.1, 0.15) is 5.82 Å².